The van der Waals surface area contributed by atoms with E-state index in [1.807, 2.05) is 0 Å². The maximum atomic E-state index is 3.45. The fourth-order valence-corrected chi connectivity index (χ4v) is 2.19. The van der Waals surface area contributed by atoms with E-state index in [0.29, 0.717) is 0 Å². The molecular formula is C11H25N3. The van der Waals surface area contributed by atoms with Crippen molar-refractivity contribution in [2.24, 2.45) is 5.92 Å². The first-order valence-electron chi connectivity index (χ1n) is 5.67. The zero-order valence-electron chi connectivity index (χ0n) is 10.1. The molecule has 1 heterocycles. The summed E-state index contributed by atoms with van der Waals surface area (Å²) < 4.78 is 0. The van der Waals surface area contributed by atoms with Gasteiger partial charge in [-0.1, -0.05) is 6.92 Å². The summed E-state index contributed by atoms with van der Waals surface area (Å²) in [5.74, 6) is 0.805. The van der Waals surface area contributed by atoms with Crippen molar-refractivity contribution in [3.63, 3.8) is 0 Å². The van der Waals surface area contributed by atoms with Crippen molar-refractivity contribution in [2.45, 2.75) is 19.4 Å². The zero-order chi connectivity index (χ0) is 10.6. The molecule has 0 radical (unpaired) electrons. The predicted octanol–water partition coefficient (Wildman–Crippen LogP) is 0.478. The van der Waals surface area contributed by atoms with Crippen LogP contribution in [-0.4, -0.2) is 63.2 Å². The van der Waals surface area contributed by atoms with Crippen LogP contribution in [0.25, 0.3) is 0 Å². The van der Waals surface area contributed by atoms with Crippen molar-refractivity contribution >= 4 is 0 Å². The highest BCUT2D eigenvalue weighted by Gasteiger charge is 2.25. The van der Waals surface area contributed by atoms with Crippen LogP contribution in [0, 0.1) is 5.92 Å². The molecule has 3 heteroatoms. The summed E-state index contributed by atoms with van der Waals surface area (Å²) in [6.07, 6.45) is 1.27. The minimum absolute atomic E-state index is 0.747. The average Bonchev–Trinajstić information content (AvgIpc) is 2.50. The molecule has 0 spiro atoms. The Kier molecular flexibility index (Phi) is 4.85. The van der Waals surface area contributed by atoms with Gasteiger partial charge in [-0.25, -0.2) is 0 Å². The van der Waals surface area contributed by atoms with Gasteiger partial charge in [0.25, 0.3) is 0 Å². The molecule has 0 aromatic heterocycles. The number of nitrogens with zero attached hydrogens (tertiary/aromatic N) is 2. The molecule has 0 aromatic rings. The van der Waals surface area contributed by atoms with Gasteiger partial charge >= 0.3 is 0 Å². The van der Waals surface area contributed by atoms with E-state index >= 15 is 0 Å². The van der Waals surface area contributed by atoms with Crippen LogP contribution < -0.4 is 5.32 Å². The molecule has 14 heavy (non-hydrogen) atoms. The Bertz CT molecular complexity index is 159. The Morgan fingerprint density at radius 1 is 1.14 bits per heavy atom. The largest absolute Gasteiger partial charge is 0.315 e. The highest BCUT2D eigenvalue weighted by Crippen LogP contribution is 2.13. The Morgan fingerprint density at radius 3 is 2.36 bits per heavy atom. The van der Waals surface area contributed by atoms with E-state index in [9.17, 15) is 0 Å². The Balaban J connectivity index is 2.17. The molecule has 3 nitrogen and oxygen atoms in total. The molecule has 2 unspecified atom stereocenters. The highest BCUT2D eigenvalue weighted by atomic mass is 15.2. The summed E-state index contributed by atoms with van der Waals surface area (Å²) >= 11 is 0. The molecule has 0 aliphatic carbocycles. The van der Waals surface area contributed by atoms with Crippen LogP contribution in [0.4, 0.5) is 0 Å². The van der Waals surface area contributed by atoms with Crippen molar-refractivity contribution in [2.75, 3.05) is 47.3 Å². The Hall–Kier alpha value is -0.120. The SMILES string of the molecule is CC1CNCC1N(C)CCCN(C)C. The molecule has 1 N–H and O–H groups in total. The van der Waals surface area contributed by atoms with Crippen LogP contribution in [0.2, 0.25) is 0 Å². The van der Waals surface area contributed by atoms with Gasteiger partial charge in [0.05, 0.1) is 0 Å². The quantitative estimate of drug-likeness (QED) is 0.695. The summed E-state index contributed by atoms with van der Waals surface area (Å²) in [6, 6.07) is 0.747. The number of hydrogen-bond acceptors (Lipinski definition) is 3. The van der Waals surface area contributed by atoms with E-state index < -0.39 is 0 Å². The summed E-state index contributed by atoms with van der Waals surface area (Å²) in [5.41, 5.74) is 0. The third kappa shape index (κ3) is 3.56. The second-order valence-corrected chi connectivity index (χ2v) is 4.84. The van der Waals surface area contributed by atoms with Crippen LogP contribution in [0.5, 0.6) is 0 Å². The zero-order valence-corrected chi connectivity index (χ0v) is 10.1. The Morgan fingerprint density at radius 2 is 1.86 bits per heavy atom. The van der Waals surface area contributed by atoms with Crippen LogP contribution in [0.1, 0.15) is 13.3 Å². The lowest BCUT2D eigenvalue weighted by atomic mass is 10.1. The van der Waals surface area contributed by atoms with E-state index in [1.54, 1.807) is 0 Å². The summed E-state index contributed by atoms with van der Waals surface area (Å²) in [5, 5.41) is 3.45. The molecule has 0 aromatic carbocycles. The van der Waals surface area contributed by atoms with E-state index in [4.69, 9.17) is 0 Å². The van der Waals surface area contributed by atoms with Crippen molar-refractivity contribution < 1.29 is 0 Å². The van der Waals surface area contributed by atoms with Crippen molar-refractivity contribution in [3.05, 3.63) is 0 Å². The molecule has 1 rings (SSSR count). The van der Waals surface area contributed by atoms with E-state index in [-0.39, 0.29) is 0 Å². The van der Waals surface area contributed by atoms with Gasteiger partial charge in [0.2, 0.25) is 0 Å². The van der Waals surface area contributed by atoms with Crippen LogP contribution in [-0.2, 0) is 0 Å². The molecule has 1 fully saturated rings. The van der Waals surface area contributed by atoms with Crippen LogP contribution in [0.15, 0.2) is 0 Å². The maximum Gasteiger partial charge on any atom is 0.0255 e. The lowest BCUT2D eigenvalue weighted by Crippen LogP contribution is -2.38. The third-order valence-corrected chi connectivity index (χ3v) is 3.16. The van der Waals surface area contributed by atoms with Crippen molar-refractivity contribution in [1.82, 2.24) is 15.1 Å². The molecule has 0 bridgehead atoms. The molecule has 0 amide bonds. The van der Waals surface area contributed by atoms with Gasteiger partial charge < -0.3 is 15.1 Å². The molecule has 84 valence electrons. The van der Waals surface area contributed by atoms with Gasteiger partial charge in [-0.05, 0) is 53.1 Å². The topological polar surface area (TPSA) is 18.5 Å². The smallest absolute Gasteiger partial charge is 0.0255 e. The third-order valence-electron chi connectivity index (χ3n) is 3.16. The lowest BCUT2D eigenvalue weighted by molar-refractivity contribution is 0.209. The summed E-state index contributed by atoms with van der Waals surface area (Å²) in [4.78, 5) is 4.76. The summed E-state index contributed by atoms with van der Waals surface area (Å²) in [6.45, 7) is 7.10. The first kappa shape index (κ1) is 12.0. The second kappa shape index (κ2) is 5.69. The van der Waals surface area contributed by atoms with Crippen LogP contribution >= 0.6 is 0 Å². The standard InChI is InChI=1S/C11H25N3/c1-10-8-12-9-11(10)14(4)7-5-6-13(2)3/h10-12H,5-9H2,1-4H3. The Labute approximate surface area is 88.5 Å². The fraction of sp³-hybridized carbons (Fsp3) is 1.00. The molecule has 2 atom stereocenters. The average molecular weight is 199 g/mol. The van der Waals surface area contributed by atoms with Gasteiger partial charge in [0.1, 0.15) is 0 Å². The van der Waals surface area contributed by atoms with Crippen molar-refractivity contribution in [1.29, 1.82) is 0 Å². The second-order valence-electron chi connectivity index (χ2n) is 4.84. The molecule has 1 aliphatic heterocycles. The number of likely N-dealkylation sites (N-methyl/N-ethyl adjacent to an activating group) is 1. The van der Waals surface area contributed by atoms with Gasteiger partial charge in [-0.2, -0.15) is 0 Å². The predicted molar refractivity (Wildman–Crippen MR) is 61.6 cm³/mol. The van der Waals surface area contributed by atoms with Gasteiger partial charge in [-0.3, -0.25) is 0 Å². The normalized spacial score (nSPS) is 27.9. The van der Waals surface area contributed by atoms with E-state index in [1.165, 1.54) is 32.6 Å². The minimum Gasteiger partial charge on any atom is -0.315 e. The monoisotopic (exact) mass is 199 g/mol. The molecule has 1 saturated heterocycles. The molecule has 0 saturated carbocycles. The van der Waals surface area contributed by atoms with Crippen molar-refractivity contribution in [3.8, 4) is 0 Å². The number of hydrogen-bond donors (Lipinski definition) is 1. The first-order chi connectivity index (χ1) is 6.61. The summed E-state index contributed by atoms with van der Waals surface area (Å²) in [7, 11) is 6.53. The highest BCUT2D eigenvalue weighted by molar-refractivity contribution is 4.84. The fourth-order valence-electron chi connectivity index (χ4n) is 2.19. The number of rotatable bonds is 5. The molecule has 1 aliphatic rings. The minimum atomic E-state index is 0.747. The van der Waals surface area contributed by atoms with Gasteiger partial charge in [-0.15, -0.1) is 0 Å². The first-order valence-corrected chi connectivity index (χ1v) is 5.67. The van der Waals surface area contributed by atoms with E-state index in [2.05, 4.69) is 43.2 Å². The molecular weight excluding hydrogens is 174 g/mol. The van der Waals surface area contributed by atoms with E-state index in [0.717, 1.165) is 12.0 Å². The van der Waals surface area contributed by atoms with Gasteiger partial charge in [0.15, 0.2) is 0 Å². The van der Waals surface area contributed by atoms with Crippen LogP contribution in [0.3, 0.4) is 0 Å². The number of nitrogens with one attached hydrogen (secondary N) is 1. The van der Waals surface area contributed by atoms with Gasteiger partial charge in [0, 0.05) is 12.6 Å². The maximum absolute atomic E-state index is 3.45. The lowest BCUT2D eigenvalue weighted by Gasteiger charge is -2.27.